The van der Waals surface area contributed by atoms with Crippen molar-refractivity contribution in [1.29, 1.82) is 0 Å². The molecule has 1 N–H and O–H groups in total. The van der Waals surface area contributed by atoms with Gasteiger partial charge in [-0.2, -0.15) is 4.31 Å². The van der Waals surface area contributed by atoms with Gasteiger partial charge in [0.05, 0.1) is 31.3 Å². The summed E-state index contributed by atoms with van der Waals surface area (Å²) in [5, 5.41) is 11.3. The highest BCUT2D eigenvalue weighted by molar-refractivity contribution is 7.89. The number of rotatable bonds is 6. The van der Waals surface area contributed by atoms with Crippen LogP contribution in [0.2, 0.25) is 0 Å². The molecule has 2 unspecified atom stereocenters. The molecule has 1 aliphatic heterocycles. The van der Waals surface area contributed by atoms with Crippen LogP contribution in [0.25, 0.3) is 0 Å². The fourth-order valence-corrected chi connectivity index (χ4v) is 6.00. The van der Waals surface area contributed by atoms with E-state index in [1.165, 1.54) is 4.31 Å². The van der Waals surface area contributed by atoms with Crippen LogP contribution in [-0.4, -0.2) is 38.1 Å². The van der Waals surface area contributed by atoms with Gasteiger partial charge in [-0.05, 0) is 29.7 Å². The zero-order chi connectivity index (χ0) is 22.0. The zero-order valence-electron chi connectivity index (χ0n) is 17.4. The molecule has 0 bridgehead atoms. The van der Waals surface area contributed by atoms with Crippen molar-refractivity contribution in [2.24, 2.45) is 0 Å². The molecule has 4 rings (SSSR count). The molecule has 0 saturated carbocycles. The van der Waals surface area contributed by atoms with Crippen molar-refractivity contribution in [3.8, 4) is 11.5 Å². The SMILES string of the molecule is COc1cccc(CC2C(O)c3ccccc3S(=O)(=O)N2Cc2ccccc2)c1OC. The predicted octanol–water partition coefficient (Wildman–Crippen LogP) is 3.55. The topological polar surface area (TPSA) is 76.1 Å². The Kier molecular flexibility index (Phi) is 6.00. The third-order valence-corrected chi connectivity index (χ3v) is 7.60. The number of sulfonamides is 1. The summed E-state index contributed by atoms with van der Waals surface area (Å²) in [4.78, 5) is 0.146. The molecular weight excluding hydrogens is 414 g/mol. The number of fused-ring (bicyclic) bond motifs is 1. The Balaban J connectivity index is 1.82. The number of nitrogens with zero attached hydrogens (tertiary/aromatic N) is 1. The molecule has 2 atom stereocenters. The number of methoxy groups -OCH3 is 2. The Morgan fingerprint density at radius 2 is 1.61 bits per heavy atom. The summed E-state index contributed by atoms with van der Waals surface area (Å²) in [5.74, 6) is 1.09. The van der Waals surface area contributed by atoms with Crippen molar-refractivity contribution in [1.82, 2.24) is 4.31 Å². The molecule has 0 aliphatic carbocycles. The quantitative estimate of drug-likeness (QED) is 0.636. The van der Waals surface area contributed by atoms with Crippen LogP contribution < -0.4 is 9.47 Å². The highest BCUT2D eigenvalue weighted by Gasteiger charge is 2.43. The van der Waals surface area contributed by atoms with Crippen LogP contribution in [0.15, 0.2) is 77.7 Å². The fourth-order valence-electron chi connectivity index (χ4n) is 4.15. The van der Waals surface area contributed by atoms with Crippen LogP contribution in [0.5, 0.6) is 11.5 Å². The minimum absolute atomic E-state index is 0.146. The van der Waals surface area contributed by atoms with Gasteiger partial charge in [-0.1, -0.05) is 60.7 Å². The van der Waals surface area contributed by atoms with Gasteiger partial charge < -0.3 is 14.6 Å². The average molecular weight is 440 g/mol. The lowest BCUT2D eigenvalue weighted by atomic mass is 9.94. The van der Waals surface area contributed by atoms with E-state index in [4.69, 9.17) is 9.47 Å². The summed E-state index contributed by atoms with van der Waals surface area (Å²) in [6.07, 6.45) is -0.721. The van der Waals surface area contributed by atoms with Crippen LogP contribution >= 0.6 is 0 Å². The van der Waals surface area contributed by atoms with Gasteiger partial charge in [0.2, 0.25) is 10.0 Å². The van der Waals surface area contributed by atoms with Crippen molar-refractivity contribution < 1.29 is 23.0 Å². The highest BCUT2D eigenvalue weighted by atomic mass is 32.2. The molecule has 31 heavy (non-hydrogen) atoms. The largest absolute Gasteiger partial charge is 0.493 e. The number of benzene rings is 3. The summed E-state index contributed by atoms with van der Waals surface area (Å²) < 4.78 is 39.5. The minimum atomic E-state index is -3.82. The number of hydrogen-bond donors (Lipinski definition) is 1. The van der Waals surface area contributed by atoms with Gasteiger partial charge >= 0.3 is 0 Å². The van der Waals surface area contributed by atoms with E-state index in [1.807, 2.05) is 42.5 Å². The van der Waals surface area contributed by atoms with Crippen molar-refractivity contribution in [2.75, 3.05) is 14.2 Å². The number of aliphatic hydroxyl groups is 1. The van der Waals surface area contributed by atoms with E-state index in [-0.39, 0.29) is 17.9 Å². The van der Waals surface area contributed by atoms with Crippen LogP contribution in [0.3, 0.4) is 0 Å². The molecule has 0 aromatic heterocycles. The van der Waals surface area contributed by atoms with Gasteiger partial charge in [-0.3, -0.25) is 0 Å². The average Bonchev–Trinajstić information content (AvgIpc) is 2.80. The number of hydrogen-bond acceptors (Lipinski definition) is 5. The molecule has 7 heteroatoms. The lowest BCUT2D eigenvalue weighted by Gasteiger charge is -2.39. The number of para-hydroxylation sites is 1. The molecule has 0 fully saturated rings. The molecule has 1 heterocycles. The minimum Gasteiger partial charge on any atom is -0.493 e. The normalized spacial score (nSPS) is 20.1. The van der Waals surface area contributed by atoms with Crippen molar-refractivity contribution in [3.05, 3.63) is 89.5 Å². The van der Waals surface area contributed by atoms with Crippen LogP contribution in [0.4, 0.5) is 0 Å². The first-order chi connectivity index (χ1) is 15.0. The van der Waals surface area contributed by atoms with Gasteiger partial charge in [0, 0.05) is 12.1 Å². The molecule has 3 aromatic carbocycles. The molecule has 0 radical (unpaired) electrons. The van der Waals surface area contributed by atoms with Crippen LogP contribution in [-0.2, 0) is 23.0 Å². The second-order valence-electron chi connectivity index (χ2n) is 7.44. The van der Waals surface area contributed by atoms with Gasteiger partial charge in [0.15, 0.2) is 11.5 Å². The molecule has 0 spiro atoms. The maximum absolute atomic E-state index is 13.6. The standard InChI is InChI=1S/C24H25NO5S/c1-29-21-13-8-11-18(24(21)30-2)15-20-23(26)19-12-6-7-14-22(19)31(27,28)25(20)16-17-9-4-3-5-10-17/h3-14,20,23,26H,15-16H2,1-2H3. The van der Waals surface area contributed by atoms with Crippen LogP contribution in [0.1, 0.15) is 22.8 Å². The summed E-state index contributed by atoms with van der Waals surface area (Å²) in [5.41, 5.74) is 2.03. The Hall–Kier alpha value is -2.87. The maximum Gasteiger partial charge on any atom is 0.244 e. The number of aliphatic hydroxyl groups excluding tert-OH is 1. The Bertz CT molecular complexity index is 1160. The van der Waals surface area contributed by atoms with Gasteiger partial charge in [0.25, 0.3) is 0 Å². The second-order valence-corrected chi connectivity index (χ2v) is 9.30. The van der Waals surface area contributed by atoms with E-state index >= 15 is 0 Å². The van der Waals surface area contributed by atoms with E-state index in [9.17, 15) is 13.5 Å². The number of ether oxygens (including phenoxy) is 2. The molecule has 6 nitrogen and oxygen atoms in total. The maximum atomic E-state index is 13.6. The molecule has 3 aromatic rings. The smallest absolute Gasteiger partial charge is 0.244 e. The highest BCUT2D eigenvalue weighted by Crippen LogP contribution is 2.41. The Morgan fingerprint density at radius 3 is 2.32 bits per heavy atom. The van der Waals surface area contributed by atoms with E-state index in [2.05, 4.69) is 0 Å². The zero-order valence-corrected chi connectivity index (χ0v) is 18.2. The lowest BCUT2D eigenvalue weighted by Crippen LogP contribution is -2.48. The van der Waals surface area contributed by atoms with Gasteiger partial charge in [0.1, 0.15) is 0 Å². The first-order valence-electron chi connectivity index (χ1n) is 10.00. The van der Waals surface area contributed by atoms with Crippen LogP contribution in [0, 0.1) is 0 Å². The predicted molar refractivity (Wildman–Crippen MR) is 118 cm³/mol. The molecule has 162 valence electrons. The molecule has 1 aliphatic rings. The van der Waals surface area contributed by atoms with E-state index in [1.54, 1.807) is 44.6 Å². The van der Waals surface area contributed by atoms with E-state index in [0.717, 1.165) is 11.1 Å². The third kappa shape index (κ3) is 3.92. The molecule has 0 saturated heterocycles. The summed E-state index contributed by atoms with van der Waals surface area (Å²) in [6, 6.07) is 20.8. The summed E-state index contributed by atoms with van der Waals surface area (Å²) in [6.45, 7) is 0.158. The van der Waals surface area contributed by atoms with Crippen molar-refractivity contribution >= 4 is 10.0 Å². The third-order valence-electron chi connectivity index (χ3n) is 5.65. The van der Waals surface area contributed by atoms with Gasteiger partial charge in [-0.25, -0.2) is 8.42 Å². The fraction of sp³-hybridized carbons (Fsp3) is 0.250. The molecule has 0 amide bonds. The second kappa shape index (κ2) is 8.70. The first-order valence-corrected chi connectivity index (χ1v) is 11.4. The van der Waals surface area contributed by atoms with E-state index < -0.39 is 22.2 Å². The van der Waals surface area contributed by atoms with Crippen molar-refractivity contribution in [2.45, 2.75) is 30.0 Å². The first kappa shape index (κ1) is 21.4. The Morgan fingerprint density at radius 1 is 0.903 bits per heavy atom. The Labute approximate surface area is 182 Å². The summed E-state index contributed by atoms with van der Waals surface area (Å²) >= 11 is 0. The summed E-state index contributed by atoms with van der Waals surface area (Å²) in [7, 11) is -0.714. The lowest BCUT2D eigenvalue weighted by molar-refractivity contribution is 0.0766. The monoisotopic (exact) mass is 439 g/mol. The molecular formula is C24H25NO5S. The van der Waals surface area contributed by atoms with Gasteiger partial charge in [-0.15, -0.1) is 0 Å². The van der Waals surface area contributed by atoms with E-state index in [0.29, 0.717) is 17.1 Å². The van der Waals surface area contributed by atoms with Crippen molar-refractivity contribution in [3.63, 3.8) is 0 Å².